The number of amides is 6. The van der Waals surface area contributed by atoms with Crippen LogP contribution in [0.3, 0.4) is 0 Å². The Bertz CT molecular complexity index is 3230. The molecule has 4 atom stereocenters. The average Bonchev–Trinajstić information content (AvgIpc) is 3.95. The third-order valence-corrected chi connectivity index (χ3v) is 17.5. The molecule has 11 rings (SSSR count). The number of nitrogens with one attached hydrogen (secondary N) is 2. The van der Waals surface area contributed by atoms with Crippen LogP contribution in [0, 0.1) is 0 Å². The Morgan fingerprint density at radius 2 is 1.66 bits per heavy atom. The maximum atomic E-state index is 14.1. The van der Waals surface area contributed by atoms with Crippen LogP contribution < -0.4 is 30.1 Å². The first-order valence-corrected chi connectivity index (χ1v) is 27.0. The molecule has 76 heavy (non-hydrogen) atoms. The molecule has 2 unspecified atom stereocenters. The largest absolute Gasteiger partial charge is 0.480 e. The number of piperidine rings is 2. The number of aliphatic hydroxyl groups is 1. The third kappa shape index (κ3) is 8.94. The number of thiophene rings is 1. The topological polar surface area (TPSA) is 214 Å². The highest BCUT2D eigenvalue weighted by molar-refractivity contribution is 7.14. The van der Waals surface area contributed by atoms with Gasteiger partial charge in [0.25, 0.3) is 23.6 Å². The number of aromatic nitrogens is 3. The van der Waals surface area contributed by atoms with E-state index in [4.69, 9.17) is 9.72 Å². The Morgan fingerprint density at radius 1 is 0.842 bits per heavy atom. The van der Waals surface area contributed by atoms with Crippen LogP contribution in [0.2, 0.25) is 0 Å². The summed E-state index contributed by atoms with van der Waals surface area (Å²) < 4.78 is 5.70. The monoisotopic (exact) mass is 1050 g/mol. The van der Waals surface area contributed by atoms with E-state index in [2.05, 4.69) is 55.7 Å². The summed E-state index contributed by atoms with van der Waals surface area (Å²) >= 11 is 1.61. The minimum absolute atomic E-state index is 0.0455. The molecular weight excluding hydrogens is 987 g/mol. The van der Waals surface area contributed by atoms with Gasteiger partial charge in [0.2, 0.25) is 17.7 Å². The molecule has 0 spiro atoms. The number of fused-ring (bicyclic) bond motifs is 4. The number of ether oxygens (including phenoxy) is 1. The van der Waals surface area contributed by atoms with Crippen LogP contribution in [0.15, 0.2) is 67.6 Å². The molecule has 3 N–H and O–H groups in total. The number of carbonyl (C=O) groups is 6. The van der Waals surface area contributed by atoms with Crippen LogP contribution >= 0.6 is 11.3 Å². The summed E-state index contributed by atoms with van der Waals surface area (Å²) in [6.07, 6.45) is 13.3. The van der Waals surface area contributed by atoms with Gasteiger partial charge in [-0.3, -0.25) is 48.4 Å². The highest BCUT2D eigenvalue weighted by atomic mass is 32.1. The first kappa shape index (κ1) is 50.6. The second-order valence-electron chi connectivity index (χ2n) is 20.5. The molecule has 3 saturated heterocycles. The normalized spacial score (nSPS) is 21.9. The van der Waals surface area contributed by atoms with Gasteiger partial charge >= 0.3 is 0 Å². The standard InChI is InChI=1S/C56H61N11O8S/c1-6-48(69)61-42-26-47(60-43-24-33(27-59-52(43)75-5)36-15-18-57-51(41(36)30-68)66-20-17-38-37-9-7-8-10-46(37)76-50(38)56(66)74)58-28-45(42)65-22-21-63(29-32(65)3)34-16-19-64(31(2)23-34)35-11-12-39-40(25-35)54(72)67(53(39)71)44-13-14-49(70)62(4)55(44)73/h6,11-12,15,18,24-28,31-32,34,44,68H,1,7-10,13-14,16-17,19-23,29-30H2,2-5H3,(H2,58,60,61,69)/t31-,32-,34?,44?/m0/s1. The lowest BCUT2D eigenvalue weighted by Crippen LogP contribution is -2.58. The number of piperazine rings is 1. The van der Waals surface area contributed by atoms with Gasteiger partial charge in [-0.05, 0) is 118 Å². The summed E-state index contributed by atoms with van der Waals surface area (Å²) in [6, 6.07) is 10.2. The van der Waals surface area contributed by atoms with Gasteiger partial charge in [-0.25, -0.2) is 15.0 Å². The number of nitrogens with zero attached hydrogens (tertiary/aromatic N) is 9. The van der Waals surface area contributed by atoms with E-state index in [9.17, 15) is 33.9 Å². The van der Waals surface area contributed by atoms with Crippen molar-refractivity contribution in [3.05, 3.63) is 105 Å². The molecule has 4 aromatic heterocycles. The molecule has 0 saturated carbocycles. The van der Waals surface area contributed by atoms with Crippen molar-refractivity contribution >= 4 is 81.2 Å². The summed E-state index contributed by atoms with van der Waals surface area (Å²) in [5, 5.41) is 17.3. The number of likely N-dealkylation sites (tertiary alicyclic amines) is 1. The minimum Gasteiger partial charge on any atom is -0.480 e. The lowest BCUT2D eigenvalue weighted by molar-refractivity contribution is -0.149. The van der Waals surface area contributed by atoms with Gasteiger partial charge in [-0.1, -0.05) is 6.58 Å². The number of benzene rings is 1. The first-order chi connectivity index (χ1) is 36.8. The number of aryl methyl sites for hydroxylation is 1. The van der Waals surface area contributed by atoms with Crippen molar-refractivity contribution in [2.45, 2.75) is 102 Å². The number of pyridine rings is 3. The van der Waals surface area contributed by atoms with E-state index in [0.717, 1.165) is 90.6 Å². The molecule has 5 aromatic rings. The minimum atomic E-state index is -1.00. The summed E-state index contributed by atoms with van der Waals surface area (Å²) in [5.41, 5.74) is 7.54. The molecule has 6 amide bonds. The molecule has 1 aliphatic carbocycles. The highest BCUT2D eigenvalue weighted by Gasteiger charge is 2.47. The van der Waals surface area contributed by atoms with Gasteiger partial charge in [-0.2, -0.15) is 0 Å². The fraction of sp³-hybridized carbons (Fsp3) is 0.411. The zero-order valence-corrected chi connectivity index (χ0v) is 44.0. The number of hydrogen-bond acceptors (Lipinski definition) is 16. The molecule has 9 heterocycles. The Labute approximate surface area is 444 Å². The second-order valence-corrected chi connectivity index (χ2v) is 21.6. The number of rotatable bonds is 12. The molecule has 0 bridgehead atoms. The quantitative estimate of drug-likeness (QED) is 0.0916. The zero-order valence-electron chi connectivity index (χ0n) is 43.1. The van der Waals surface area contributed by atoms with Gasteiger partial charge < -0.3 is 30.3 Å². The van der Waals surface area contributed by atoms with E-state index in [1.54, 1.807) is 59.1 Å². The Hall–Kier alpha value is -7.55. The molecule has 20 heteroatoms. The fourth-order valence-electron chi connectivity index (χ4n) is 12.3. The van der Waals surface area contributed by atoms with Crippen LogP contribution in [-0.4, -0.2) is 141 Å². The van der Waals surface area contributed by atoms with Crippen molar-refractivity contribution in [2.75, 3.05) is 72.2 Å². The smallest absolute Gasteiger partial charge is 0.269 e. The number of anilines is 6. The summed E-state index contributed by atoms with van der Waals surface area (Å²) in [5.74, 6) is -1.21. The van der Waals surface area contributed by atoms with E-state index >= 15 is 0 Å². The van der Waals surface area contributed by atoms with Crippen LogP contribution in [0.1, 0.15) is 104 Å². The number of methoxy groups -OCH3 is 1. The molecular formula is C56H61N11O8S. The summed E-state index contributed by atoms with van der Waals surface area (Å²) in [7, 11) is 2.91. The van der Waals surface area contributed by atoms with Crippen LogP contribution in [0.4, 0.5) is 34.4 Å². The number of carbonyl (C=O) groups excluding carboxylic acids is 6. The van der Waals surface area contributed by atoms with E-state index in [1.807, 2.05) is 12.1 Å². The average molecular weight is 1050 g/mol. The van der Waals surface area contributed by atoms with E-state index in [1.165, 1.54) is 36.2 Å². The van der Waals surface area contributed by atoms with Gasteiger partial charge in [0.15, 0.2) is 0 Å². The molecule has 5 aliphatic heterocycles. The Morgan fingerprint density at radius 3 is 2.43 bits per heavy atom. The lowest BCUT2D eigenvalue weighted by atomic mass is 9.92. The lowest BCUT2D eigenvalue weighted by Gasteiger charge is -2.48. The SMILES string of the molecule is C=CC(=O)Nc1cc(Nc2cc(-c3ccnc(N4CCc5c(sc6c5CCCC6)C4=O)c3CO)cnc2OC)ncc1N1CCN(C2CCN(c3ccc4c(c3)C(=O)N(C3CCC(=O)N(C)C3=O)C4=O)[C@@H](C)C2)C[C@@H]1C. The fourth-order valence-corrected chi connectivity index (χ4v) is 13.6. The summed E-state index contributed by atoms with van der Waals surface area (Å²) in [4.78, 5) is 106. The van der Waals surface area contributed by atoms with Crippen molar-refractivity contribution in [1.29, 1.82) is 0 Å². The predicted molar refractivity (Wildman–Crippen MR) is 289 cm³/mol. The Kier molecular flexibility index (Phi) is 13.7. The van der Waals surface area contributed by atoms with Gasteiger partial charge in [-0.15, -0.1) is 11.3 Å². The molecule has 6 aliphatic rings. The third-order valence-electron chi connectivity index (χ3n) is 16.2. The maximum Gasteiger partial charge on any atom is 0.269 e. The summed E-state index contributed by atoms with van der Waals surface area (Å²) in [6.45, 7) is 11.1. The van der Waals surface area contributed by atoms with Crippen LogP contribution in [0.5, 0.6) is 5.88 Å². The maximum absolute atomic E-state index is 14.1. The molecule has 3 fully saturated rings. The predicted octanol–water partition coefficient (Wildman–Crippen LogP) is 6.36. The molecule has 19 nitrogen and oxygen atoms in total. The Balaban J connectivity index is 0.771. The number of likely N-dealkylation sites (N-methyl/N-ethyl adjacent to an activating group) is 1. The van der Waals surface area contributed by atoms with Crippen molar-refractivity contribution in [3.63, 3.8) is 0 Å². The van der Waals surface area contributed by atoms with Crippen LogP contribution in [-0.2, 0) is 40.3 Å². The molecule has 394 valence electrons. The van der Waals surface area contributed by atoms with Crippen molar-refractivity contribution in [2.24, 2.45) is 0 Å². The van der Waals surface area contributed by atoms with Crippen molar-refractivity contribution in [3.8, 4) is 17.0 Å². The number of hydrogen-bond donors (Lipinski definition) is 3. The first-order valence-electron chi connectivity index (χ1n) is 26.1. The van der Waals surface area contributed by atoms with Gasteiger partial charge in [0.05, 0.1) is 47.3 Å². The van der Waals surface area contributed by atoms with Gasteiger partial charge in [0, 0.05) is 104 Å². The van der Waals surface area contributed by atoms with E-state index in [-0.39, 0.29) is 60.4 Å². The van der Waals surface area contributed by atoms with E-state index in [0.29, 0.717) is 64.7 Å². The highest BCUT2D eigenvalue weighted by Crippen LogP contribution is 2.42. The van der Waals surface area contributed by atoms with E-state index < -0.39 is 23.8 Å². The number of imide groups is 2. The van der Waals surface area contributed by atoms with Gasteiger partial charge in [0.1, 0.15) is 23.4 Å². The molecule has 1 aromatic carbocycles. The number of aliphatic hydroxyl groups excluding tert-OH is 1. The molecule has 0 radical (unpaired) electrons. The van der Waals surface area contributed by atoms with Crippen molar-refractivity contribution < 1.29 is 38.6 Å². The second kappa shape index (κ2) is 20.5. The van der Waals surface area contributed by atoms with Crippen LogP contribution in [0.25, 0.3) is 11.1 Å². The van der Waals surface area contributed by atoms with Crippen molar-refractivity contribution in [1.82, 2.24) is 29.7 Å². The zero-order chi connectivity index (χ0) is 53.1.